The summed E-state index contributed by atoms with van der Waals surface area (Å²) in [7, 11) is 0. The molecule has 2 heterocycles. The number of aryl methyl sites for hydroxylation is 1. The number of nitrogens with zero attached hydrogens (tertiary/aromatic N) is 3. The molecule has 0 bridgehead atoms. The van der Waals surface area contributed by atoms with E-state index < -0.39 is 5.82 Å². The first-order valence-corrected chi connectivity index (χ1v) is 9.60. The van der Waals surface area contributed by atoms with Crippen LogP contribution >= 0.6 is 11.3 Å². The van der Waals surface area contributed by atoms with Crippen molar-refractivity contribution in [3.8, 4) is 5.75 Å². The van der Waals surface area contributed by atoms with E-state index >= 15 is 0 Å². The van der Waals surface area contributed by atoms with Crippen molar-refractivity contribution in [2.24, 2.45) is 0 Å². The lowest BCUT2D eigenvalue weighted by molar-refractivity contribution is 0.215. The highest BCUT2D eigenvalue weighted by Gasteiger charge is 2.21. The number of halogens is 1. The summed E-state index contributed by atoms with van der Waals surface area (Å²) in [5.41, 5.74) is 1.50. The zero-order valence-electron chi connectivity index (χ0n) is 15.0. The smallest absolute Gasteiger partial charge is 0.322 e. The lowest BCUT2D eigenvalue weighted by Crippen LogP contribution is -2.38. The molecule has 2 aromatic rings. The third-order valence-corrected chi connectivity index (χ3v) is 5.16. The topological polar surface area (TPSA) is 57.7 Å². The fraction of sp³-hybridized carbons (Fsp3) is 0.444. The molecule has 8 heteroatoms. The average molecular weight is 378 g/mol. The van der Waals surface area contributed by atoms with Crippen molar-refractivity contribution in [1.29, 1.82) is 0 Å². The largest absolute Gasteiger partial charge is 0.492 e. The van der Waals surface area contributed by atoms with Gasteiger partial charge in [-0.2, -0.15) is 0 Å². The minimum atomic E-state index is -0.393. The number of rotatable bonds is 4. The van der Waals surface area contributed by atoms with Gasteiger partial charge in [0.2, 0.25) is 0 Å². The van der Waals surface area contributed by atoms with Crippen LogP contribution in [0.1, 0.15) is 19.0 Å². The SMILES string of the molecule is CCOc1cc(F)ccc1NC(=O)N1CCCN(c2nc(C)cs2)CC1. The Morgan fingerprint density at radius 1 is 1.35 bits per heavy atom. The summed E-state index contributed by atoms with van der Waals surface area (Å²) in [5.74, 6) is -0.0498. The summed E-state index contributed by atoms with van der Waals surface area (Å²) < 4.78 is 18.8. The molecule has 1 aromatic heterocycles. The van der Waals surface area contributed by atoms with Crippen LogP contribution in [0.5, 0.6) is 5.75 Å². The van der Waals surface area contributed by atoms with Gasteiger partial charge in [0.1, 0.15) is 11.6 Å². The number of hydrogen-bond acceptors (Lipinski definition) is 5. The van der Waals surface area contributed by atoms with Crippen LogP contribution < -0.4 is 15.0 Å². The molecule has 3 rings (SSSR count). The van der Waals surface area contributed by atoms with Gasteiger partial charge in [-0.15, -0.1) is 11.3 Å². The maximum absolute atomic E-state index is 13.4. The Morgan fingerprint density at radius 2 is 2.19 bits per heavy atom. The van der Waals surface area contributed by atoms with E-state index in [1.807, 2.05) is 19.2 Å². The van der Waals surface area contributed by atoms with E-state index in [0.29, 0.717) is 31.1 Å². The number of carbonyl (C=O) groups is 1. The number of urea groups is 1. The molecule has 1 fully saturated rings. The van der Waals surface area contributed by atoms with Crippen molar-refractivity contribution < 1.29 is 13.9 Å². The van der Waals surface area contributed by atoms with Crippen molar-refractivity contribution in [2.45, 2.75) is 20.3 Å². The molecule has 26 heavy (non-hydrogen) atoms. The van der Waals surface area contributed by atoms with Crippen LogP contribution in [0.3, 0.4) is 0 Å². The standard InChI is InChI=1S/C18H23FN4O2S/c1-3-25-16-11-14(19)5-6-15(16)21-17(24)22-7-4-8-23(10-9-22)18-20-13(2)12-26-18/h5-6,11-12H,3-4,7-10H2,1-2H3,(H,21,24). The fourth-order valence-corrected chi connectivity index (χ4v) is 3.72. The number of aromatic nitrogens is 1. The molecule has 1 aliphatic rings. The molecule has 0 spiro atoms. The molecule has 1 aromatic carbocycles. The van der Waals surface area contributed by atoms with Gasteiger partial charge in [0, 0.05) is 37.6 Å². The Hall–Kier alpha value is -2.35. The second-order valence-electron chi connectivity index (χ2n) is 6.10. The van der Waals surface area contributed by atoms with Gasteiger partial charge in [-0.05, 0) is 32.4 Å². The lowest BCUT2D eigenvalue weighted by Gasteiger charge is -2.22. The quantitative estimate of drug-likeness (QED) is 0.881. The molecule has 0 atom stereocenters. The third kappa shape index (κ3) is 4.43. The summed E-state index contributed by atoms with van der Waals surface area (Å²) in [6.45, 7) is 7.09. The van der Waals surface area contributed by atoms with Gasteiger partial charge in [0.15, 0.2) is 5.13 Å². The molecule has 6 nitrogen and oxygen atoms in total. The number of amides is 2. The van der Waals surface area contributed by atoms with Gasteiger partial charge in [-0.3, -0.25) is 0 Å². The average Bonchev–Trinajstić information content (AvgIpc) is 2.90. The molecule has 0 radical (unpaired) electrons. The van der Waals surface area contributed by atoms with E-state index in [9.17, 15) is 9.18 Å². The van der Waals surface area contributed by atoms with E-state index in [1.165, 1.54) is 18.2 Å². The zero-order chi connectivity index (χ0) is 18.5. The van der Waals surface area contributed by atoms with E-state index in [1.54, 1.807) is 16.2 Å². The molecule has 1 aliphatic heterocycles. The van der Waals surface area contributed by atoms with E-state index in [2.05, 4.69) is 15.2 Å². The molecular weight excluding hydrogens is 355 g/mol. The van der Waals surface area contributed by atoms with Gasteiger partial charge in [0.05, 0.1) is 18.0 Å². The van der Waals surface area contributed by atoms with E-state index in [-0.39, 0.29) is 6.03 Å². The van der Waals surface area contributed by atoms with E-state index in [4.69, 9.17) is 4.74 Å². The first-order valence-electron chi connectivity index (χ1n) is 8.72. The molecule has 0 aliphatic carbocycles. The predicted molar refractivity (Wildman–Crippen MR) is 102 cm³/mol. The maximum atomic E-state index is 13.4. The van der Waals surface area contributed by atoms with Crippen LogP contribution in [0.2, 0.25) is 0 Å². The fourth-order valence-electron chi connectivity index (χ4n) is 2.87. The van der Waals surface area contributed by atoms with Crippen LogP contribution in [0.25, 0.3) is 0 Å². The third-order valence-electron chi connectivity index (χ3n) is 4.15. The number of carbonyl (C=O) groups excluding carboxylic acids is 1. The molecule has 2 amide bonds. The second kappa shape index (κ2) is 8.35. The normalized spacial score (nSPS) is 14.9. The Bertz CT molecular complexity index is 767. The van der Waals surface area contributed by atoms with Crippen LogP contribution in [0, 0.1) is 12.7 Å². The number of nitrogens with one attached hydrogen (secondary N) is 1. The predicted octanol–water partition coefficient (Wildman–Crippen LogP) is 3.73. The lowest BCUT2D eigenvalue weighted by atomic mass is 10.3. The Kier molecular flexibility index (Phi) is 5.92. The monoisotopic (exact) mass is 378 g/mol. The minimum Gasteiger partial charge on any atom is -0.492 e. The number of thiazole rings is 1. The molecule has 0 unspecified atom stereocenters. The second-order valence-corrected chi connectivity index (χ2v) is 6.94. The number of ether oxygens (including phenoxy) is 1. The van der Waals surface area contributed by atoms with Gasteiger partial charge in [0.25, 0.3) is 0 Å². The molecule has 0 saturated carbocycles. The maximum Gasteiger partial charge on any atom is 0.322 e. The van der Waals surface area contributed by atoms with Crippen molar-refractivity contribution in [3.63, 3.8) is 0 Å². The summed E-state index contributed by atoms with van der Waals surface area (Å²) in [4.78, 5) is 21.2. The first-order chi connectivity index (χ1) is 12.6. The zero-order valence-corrected chi connectivity index (χ0v) is 15.8. The molecule has 1 N–H and O–H groups in total. The van der Waals surface area contributed by atoms with Crippen LogP contribution in [-0.4, -0.2) is 48.7 Å². The summed E-state index contributed by atoms with van der Waals surface area (Å²) in [5, 5.41) is 5.88. The molecular formula is C18H23FN4O2S. The highest BCUT2D eigenvalue weighted by atomic mass is 32.1. The minimum absolute atomic E-state index is 0.199. The van der Waals surface area contributed by atoms with Crippen molar-refractivity contribution in [1.82, 2.24) is 9.88 Å². The van der Waals surface area contributed by atoms with Gasteiger partial charge in [-0.1, -0.05) is 0 Å². The summed E-state index contributed by atoms with van der Waals surface area (Å²) >= 11 is 1.63. The van der Waals surface area contributed by atoms with E-state index in [0.717, 1.165) is 30.3 Å². The molecule has 140 valence electrons. The Morgan fingerprint density at radius 3 is 2.92 bits per heavy atom. The number of hydrogen-bond donors (Lipinski definition) is 1. The van der Waals surface area contributed by atoms with Crippen molar-refractivity contribution in [3.05, 3.63) is 35.1 Å². The van der Waals surface area contributed by atoms with Crippen LogP contribution in [0.4, 0.5) is 20.0 Å². The highest BCUT2D eigenvalue weighted by Crippen LogP contribution is 2.26. The van der Waals surface area contributed by atoms with Gasteiger partial charge < -0.3 is 19.9 Å². The van der Waals surface area contributed by atoms with Crippen molar-refractivity contribution >= 4 is 28.2 Å². The number of benzene rings is 1. The Balaban J connectivity index is 1.63. The summed E-state index contributed by atoms with van der Waals surface area (Å²) in [6, 6.07) is 3.93. The van der Waals surface area contributed by atoms with Gasteiger partial charge >= 0.3 is 6.03 Å². The van der Waals surface area contributed by atoms with Crippen LogP contribution in [0.15, 0.2) is 23.6 Å². The number of anilines is 2. The Labute approximate surface area is 156 Å². The summed E-state index contributed by atoms with van der Waals surface area (Å²) in [6.07, 6.45) is 0.869. The van der Waals surface area contributed by atoms with Gasteiger partial charge in [-0.25, -0.2) is 14.2 Å². The van der Waals surface area contributed by atoms with Crippen LogP contribution in [-0.2, 0) is 0 Å². The first kappa shape index (κ1) is 18.4. The molecule has 1 saturated heterocycles. The highest BCUT2D eigenvalue weighted by molar-refractivity contribution is 7.13. The van der Waals surface area contributed by atoms with Crippen molar-refractivity contribution in [2.75, 3.05) is 43.0 Å².